The van der Waals surface area contributed by atoms with Crippen LogP contribution in [0, 0.1) is 11.6 Å². The lowest BCUT2D eigenvalue weighted by molar-refractivity contribution is -0.127. The van der Waals surface area contributed by atoms with Gasteiger partial charge in [0.15, 0.2) is 17.6 Å². The number of nitrogens with zero attached hydrogens (tertiary/aromatic N) is 2. The molecule has 0 aliphatic heterocycles. The van der Waals surface area contributed by atoms with Crippen LogP contribution < -0.4 is 10.6 Å². The van der Waals surface area contributed by atoms with Crippen molar-refractivity contribution in [2.24, 2.45) is 4.99 Å². The minimum absolute atomic E-state index is 0.0273. The van der Waals surface area contributed by atoms with E-state index in [0.717, 1.165) is 25.0 Å². The summed E-state index contributed by atoms with van der Waals surface area (Å²) in [6.07, 6.45) is 2.11. The van der Waals surface area contributed by atoms with Crippen molar-refractivity contribution in [3.63, 3.8) is 0 Å². The summed E-state index contributed by atoms with van der Waals surface area (Å²) in [7, 11) is 3.34. The molecule has 126 valence electrons. The zero-order valence-electron chi connectivity index (χ0n) is 13.6. The fourth-order valence-corrected chi connectivity index (χ4v) is 1.91. The molecule has 1 fully saturated rings. The van der Waals surface area contributed by atoms with E-state index in [1.54, 1.807) is 14.1 Å². The molecule has 0 aromatic heterocycles. The molecule has 1 unspecified atom stereocenters. The second-order valence-electron chi connectivity index (χ2n) is 5.91. The van der Waals surface area contributed by atoms with Gasteiger partial charge in [-0.05, 0) is 37.5 Å². The molecule has 0 heterocycles. The SMILES string of the molecule is CC(NC(=NCC(=O)N(C)C)NC1CC1)c1ccc(F)c(F)c1. The third kappa shape index (κ3) is 5.19. The number of nitrogens with one attached hydrogen (secondary N) is 2. The topological polar surface area (TPSA) is 56.7 Å². The molecule has 2 rings (SSSR count). The van der Waals surface area contributed by atoms with Crippen molar-refractivity contribution in [2.45, 2.75) is 31.8 Å². The average molecular weight is 324 g/mol. The highest BCUT2D eigenvalue weighted by molar-refractivity contribution is 5.85. The average Bonchev–Trinajstić information content (AvgIpc) is 3.30. The van der Waals surface area contributed by atoms with Crippen LogP contribution in [0.25, 0.3) is 0 Å². The monoisotopic (exact) mass is 324 g/mol. The van der Waals surface area contributed by atoms with Gasteiger partial charge < -0.3 is 15.5 Å². The number of aliphatic imine (C=N–C) groups is 1. The highest BCUT2D eigenvalue weighted by Crippen LogP contribution is 2.19. The van der Waals surface area contributed by atoms with Gasteiger partial charge in [-0.15, -0.1) is 0 Å². The Hall–Kier alpha value is -2.18. The highest BCUT2D eigenvalue weighted by atomic mass is 19.2. The van der Waals surface area contributed by atoms with Crippen LogP contribution in [0.2, 0.25) is 0 Å². The summed E-state index contributed by atoms with van der Waals surface area (Å²) in [6.45, 7) is 1.85. The first-order chi connectivity index (χ1) is 10.9. The normalized spacial score (nSPS) is 16.0. The molecule has 0 spiro atoms. The molecule has 0 radical (unpaired) electrons. The number of hydrogen-bond acceptors (Lipinski definition) is 2. The number of hydrogen-bond donors (Lipinski definition) is 2. The first kappa shape index (κ1) is 17.2. The summed E-state index contributed by atoms with van der Waals surface area (Å²) in [5.41, 5.74) is 0.605. The standard InChI is InChI=1S/C16H22F2N4O/c1-10(11-4-7-13(17)14(18)8-11)20-16(21-12-5-6-12)19-9-15(23)22(2)3/h4,7-8,10,12H,5-6,9H2,1-3H3,(H2,19,20,21). The quantitative estimate of drug-likeness (QED) is 0.641. The summed E-state index contributed by atoms with van der Waals surface area (Å²) in [6, 6.07) is 3.86. The van der Waals surface area contributed by atoms with Gasteiger partial charge in [-0.25, -0.2) is 13.8 Å². The summed E-state index contributed by atoms with van der Waals surface area (Å²) in [5.74, 6) is -1.36. The molecule has 1 aromatic carbocycles. The van der Waals surface area contributed by atoms with Gasteiger partial charge in [0.2, 0.25) is 5.91 Å². The van der Waals surface area contributed by atoms with Crippen LogP contribution in [-0.4, -0.2) is 43.4 Å². The lowest BCUT2D eigenvalue weighted by Gasteiger charge is -2.19. The Kier molecular flexibility index (Phi) is 5.52. The van der Waals surface area contributed by atoms with Crippen LogP contribution >= 0.6 is 0 Å². The molecule has 23 heavy (non-hydrogen) atoms. The number of rotatable bonds is 5. The number of amides is 1. The molecule has 0 bridgehead atoms. The smallest absolute Gasteiger partial charge is 0.243 e. The maximum atomic E-state index is 13.3. The Morgan fingerprint density at radius 2 is 2.04 bits per heavy atom. The van der Waals surface area contributed by atoms with E-state index in [-0.39, 0.29) is 18.5 Å². The molecule has 1 saturated carbocycles. The second-order valence-corrected chi connectivity index (χ2v) is 5.91. The molecule has 1 aromatic rings. The molecule has 5 nitrogen and oxygen atoms in total. The molecular formula is C16H22F2N4O. The third-order valence-corrected chi connectivity index (χ3v) is 3.59. The van der Waals surface area contributed by atoms with E-state index >= 15 is 0 Å². The number of carbonyl (C=O) groups is 1. The minimum Gasteiger partial charge on any atom is -0.354 e. The van der Waals surface area contributed by atoms with Gasteiger partial charge in [0, 0.05) is 20.1 Å². The van der Waals surface area contributed by atoms with Gasteiger partial charge in [-0.2, -0.15) is 0 Å². The van der Waals surface area contributed by atoms with E-state index < -0.39 is 11.6 Å². The van der Waals surface area contributed by atoms with Crippen LogP contribution in [0.15, 0.2) is 23.2 Å². The van der Waals surface area contributed by atoms with E-state index in [0.29, 0.717) is 17.6 Å². The number of halogens is 2. The van der Waals surface area contributed by atoms with E-state index in [4.69, 9.17) is 0 Å². The molecule has 7 heteroatoms. The summed E-state index contributed by atoms with van der Waals surface area (Å²) in [4.78, 5) is 17.4. The Morgan fingerprint density at radius 1 is 1.35 bits per heavy atom. The molecule has 1 aliphatic carbocycles. The molecular weight excluding hydrogens is 302 g/mol. The Labute approximate surface area is 134 Å². The summed E-state index contributed by atoms with van der Waals surface area (Å²) in [5, 5.41) is 6.34. The van der Waals surface area contributed by atoms with Crippen molar-refractivity contribution in [1.29, 1.82) is 0 Å². The number of guanidine groups is 1. The predicted octanol–water partition coefficient (Wildman–Crippen LogP) is 1.81. The van der Waals surface area contributed by atoms with Crippen molar-refractivity contribution >= 4 is 11.9 Å². The molecule has 1 aliphatic rings. The van der Waals surface area contributed by atoms with E-state index in [1.165, 1.54) is 11.0 Å². The third-order valence-electron chi connectivity index (χ3n) is 3.59. The first-order valence-electron chi connectivity index (χ1n) is 7.59. The fraction of sp³-hybridized carbons (Fsp3) is 0.500. The number of benzene rings is 1. The van der Waals surface area contributed by atoms with E-state index in [9.17, 15) is 13.6 Å². The van der Waals surface area contributed by atoms with Gasteiger partial charge in [-0.3, -0.25) is 4.79 Å². The summed E-state index contributed by atoms with van der Waals surface area (Å²) < 4.78 is 26.4. The van der Waals surface area contributed by atoms with Gasteiger partial charge in [0.05, 0.1) is 6.04 Å². The van der Waals surface area contributed by atoms with Gasteiger partial charge in [0.1, 0.15) is 6.54 Å². The lowest BCUT2D eigenvalue weighted by atomic mass is 10.1. The molecule has 2 N–H and O–H groups in total. The van der Waals surface area contributed by atoms with Gasteiger partial charge in [0.25, 0.3) is 0 Å². The van der Waals surface area contributed by atoms with Crippen LogP contribution in [0.1, 0.15) is 31.4 Å². The predicted molar refractivity (Wildman–Crippen MR) is 85.1 cm³/mol. The molecule has 0 saturated heterocycles. The van der Waals surface area contributed by atoms with Crippen LogP contribution in [-0.2, 0) is 4.79 Å². The maximum Gasteiger partial charge on any atom is 0.243 e. The van der Waals surface area contributed by atoms with Crippen molar-refractivity contribution in [3.05, 3.63) is 35.4 Å². The summed E-state index contributed by atoms with van der Waals surface area (Å²) >= 11 is 0. The van der Waals surface area contributed by atoms with Crippen molar-refractivity contribution in [2.75, 3.05) is 20.6 Å². The van der Waals surface area contributed by atoms with Gasteiger partial charge in [-0.1, -0.05) is 6.07 Å². The minimum atomic E-state index is -0.882. The van der Waals surface area contributed by atoms with Crippen LogP contribution in [0.5, 0.6) is 0 Å². The maximum absolute atomic E-state index is 13.3. The fourth-order valence-electron chi connectivity index (χ4n) is 1.91. The second kappa shape index (κ2) is 7.39. The van der Waals surface area contributed by atoms with Gasteiger partial charge >= 0.3 is 0 Å². The van der Waals surface area contributed by atoms with E-state index in [2.05, 4.69) is 15.6 Å². The lowest BCUT2D eigenvalue weighted by Crippen LogP contribution is -2.41. The molecule has 1 amide bonds. The molecule has 1 atom stereocenters. The van der Waals surface area contributed by atoms with Crippen LogP contribution in [0.4, 0.5) is 8.78 Å². The van der Waals surface area contributed by atoms with Crippen molar-refractivity contribution in [1.82, 2.24) is 15.5 Å². The largest absolute Gasteiger partial charge is 0.354 e. The Morgan fingerprint density at radius 3 is 2.61 bits per heavy atom. The Balaban J connectivity index is 2.04. The van der Waals surface area contributed by atoms with Crippen LogP contribution in [0.3, 0.4) is 0 Å². The van der Waals surface area contributed by atoms with E-state index in [1.807, 2.05) is 6.92 Å². The number of carbonyl (C=O) groups excluding carboxylic acids is 1. The highest BCUT2D eigenvalue weighted by Gasteiger charge is 2.23. The first-order valence-corrected chi connectivity index (χ1v) is 7.59. The zero-order valence-corrected chi connectivity index (χ0v) is 13.6. The van der Waals surface area contributed by atoms with Crippen molar-refractivity contribution in [3.8, 4) is 0 Å². The Bertz CT molecular complexity index is 600. The number of likely N-dealkylation sites (N-methyl/N-ethyl adjacent to an activating group) is 1. The zero-order chi connectivity index (χ0) is 17.0. The van der Waals surface area contributed by atoms with Crippen molar-refractivity contribution < 1.29 is 13.6 Å².